The van der Waals surface area contributed by atoms with Gasteiger partial charge in [-0.05, 0) is 45.6 Å². The third-order valence-corrected chi connectivity index (χ3v) is 5.65. The molecule has 0 aliphatic heterocycles. The van der Waals surface area contributed by atoms with Crippen LogP contribution in [0.2, 0.25) is 0 Å². The van der Waals surface area contributed by atoms with E-state index in [1.54, 1.807) is 0 Å². The summed E-state index contributed by atoms with van der Waals surface area (Å²) >= 11 is 0. The van der Waals surface area contributed by atoms with E-state index in [0.29, 0.717) is 5.41 Å². The van der Waals surface area contributed by atoms with E-state index < -0.39 is 0 Å². The van der Waals surface area contributed by atoms with Gasteiger partial charge in [-0.2, -0.15) is 0 Å². The minimum atomic E-state index is 0.171. The molecule has 1 aliphatic rings. The Morgan fingerprint density at radius 1 is 1.18 bits per heavy atom. The summed E-state index contributed by atoms with van der Waals surface area (Å²) in [6.45, 7) is 12.5. The smallest absolute Gasteiger partial charge is 0.0384 e. The fourth-order valence-electron chi connectivity index (χ4n) is 3.51. The molecule has 0 heterocycles. The van der Waals surface area contributed by atoms with Crippen LogP contribution < -0.4 is 5.73 Å². The van der Waals surface area contributed by atoms with Crippen LogP contribution in [0.5, 0.6) is 0 Å². The molecule has 1 atom stereocenters. The van der Waals surface area contributed by atoms with Crippen molar-refractivity contribution in [2.24, 2.45) is 11.1 Å². The molecule has 0 bridgehead atoms. The van der Waals surface area contributed by atoms with Crippen LogP contribution in [0.25, 0.3) is 0 Å². The van der Waals surface area contributed by atoms with Crippen molar-refractivity contribution >= 4 is 0 Å². The van der Waals surface area contributed by atoms with Crippen molar-refractivity contribution in [2.75, 3.05) is 13.6 Å². The second-order valence-corrected chi connectivity index (χ2v) is 7.05. The van der Waals surface area contributed by atoms with Gasteiger partial charge in [0.05, 0.1) is 0 Å². The lowest BCUT2D eigenvalue weighted by Gasteiger charge is -2.59. The van der Waals surface area contributed by atoms with Gasteiger partial charge >= 0.3 is 0 Å². The third-order valence-electron chi connectivity index (χ3n) is 5.65. The Kier molecular flexibility index (Phi) is 4.31. The number of nitrogens with two attached hydrogens (primary N) is 1. The third kappa shape index (κ3) is 2.39. The number of nitrogens with zero attached hydrogens (tertiary/aromatic N) is 1. The molecule has 1 fully saturated rings. The Bertz CT molecular complexity index is 258. The van der Waals surface area contributed by atoms with Gasteiger partial charge in [-0.3, -0.25) is 4.90 Å². The zero-order chi connectivity index (χ0) is 13.3. The predicted molar refractivity (Wildman–Crippen MR) is 76.2 cm³/mol. The van der Waals surface area contributed by atoms with Crippen LogP contribution in [0.1, 0.15) is 66.7 Å². The number of hydrogen-bond acceptors (Lipinski definition) is 2. The largest absolute Gasteiger partial charge is 0.329 e. The van der Waals surface area contributed by atoms with Crippen LogP contribution in [0, 0.1) is 5.41 Å². The predicted octanol–water partition coefficient (Wildman–Crippen LogP) is 3.40. The maximum Gasteiger partial charge on any atom is 0.0384 e. The molecule has 0 aromatic carbocycles. The van der Waals surface area contributed by atoms with Crippen molar-refractivity contribution in [1.82, 2.24) is 4.90 Å². The van der Waals surface area contributed by atoms with Crippen LogP contribution in [0.15, 0.2) is 0 Å². The fraction of sp³-hybridized carbons (Fsp3) is 1.00. The Labute approximate surface area is 108 Å². The first kappa shape index (κ1) is 15.0. The molecule has 1 rings (SSSR count). The van der Waals surface area contributed by atoms with Gasteiger partial charge in [-0.15, -0.1) is 0 Å². The van der Waals surface area contributed by atoms with E-state index in [0.717, 1.165) is 6.54 Å². The first-order chi connectivity index (χ1) is 7.73. The van der Waals surface area contributed by atoms with Gasteiger partial charge in [0.1, 0.15) is 0 Å². The van der Waals surface area contributed by atoms with Crippen molar-refractivity contribution in [3.05, 3.63) is 0 Å². The molecule has 0 aromatic rings. The van der Waals surface area contributed by atoms with E-state index in [9.17, 15) is 0 Å². The highest BCUT2D eigenvalue weighted by Gasteiger charge is 2.51. The molecule has 0 radical (unpaired) electrons. The minimum absolute atomic E-state index is 0.171. The standard InChI is InChI=1S/C15H32N2/c1-7-14(4,5)17(6)15(12-16)11-9-8-10-13(15,2)3/h7-12,16H2,1-6H3. The van der Waals surface area contributed by atoms with Crippen molar-refractivity contribution in [2.45, 2.75) is 77.8 Å². The molecule has 102 valence electrons. The van der Waals surface area contributed by atoms with E-state index in [1.807, 2.05) is 0 Å². The quantitative estimate of drug-likeness (QED) is 0.816. The summed E-state index contributed by atoms with van der Waals surface area (Å²) in [6.07, 6.45) is 6.39. The van der Waals surface area contributed by atoms with Gasteiger partial charge in [-0.25, -0.2) is 0 Å². The molecule has 0 aromatic heterocycles. The van der Waals surface area contributed by atoms with Crippen molar-refractivity contribution in [1.29, 1.82) is 0 Å². The molecule has 2 nitrogen and oxygen atoms in total. The van der Waals surface area contributed by atoms with Gasteiger partial charge in [0.2, 0.25) is 0 Å². The lowest BCUT2D eigenvalue weighted by atomic mass is 9.61. The van der Waals surface area contributed by atoms with E-state index in [2.05, 4.69) is 46.6 Å². The summed E-state index contributed by atoms with van der Waals surface area (Å²) in [7, 11) is 2.28. The Hall–Kier alpha value is -0.0800. The van der Waals surface area contributed by atoms with Crippen molar-refractivity contribution < 1.29 is 0 Å². The van der Waals surface area contributed by atoms with Crippen LogP contribution >= 0.6 is 0 Å². The summed E-state index contributed by atoms with van der Waals surface area (Å²) in [6, 6.07) is 0. The van der Waals surface area contributed by atoms with E-state index >= 15 is 0 Å². The molecule has 2 heteroatoms. The fourth-order valence-corrected chi connectivity index (χ4v) is 3.51. The summed E-state index contributed by atoms with van der Waals surface area (Å²) in [5, 5.41) is 0. The highest BCUT2D eigenvalue weighted by Crippen LogP contribution is 2.48. The van der Waals surface area contributed by atoms with Gasteiger partial charge in [0, 0.05) is 17.6 Å². The average molecular weight is 240 g/mol. The first-order valence-corrected chi connectivity index (χ1v) is 7.17. The monoisotopic (exact) mass is 240 g/mol. The maximum absolute atomic E-state index is 6.22. The van der Waals surface area contributed by atoms with Gasteiger partial charge < -0.3 is 5.73 Å². The van der Waals surface area contributed by atoms with E-state index in [1.165, 1.54) is 32.1 Å². The van der Waals surface area contributed by atoms with E-state index in [4.69, 9.17) is 5.73 Å². The SMILES string of the molecule is CCC(C)(C)N(C)C1(CN)CCCCC1(C)C. The average Bonchev–Trinajstić information content (AvgIpc) is 2.28. The van der Waals surface area contributed by atoms with Gasteiger partial charge in [-0.1, -0.05) is 33.6 Å². The highest BCUT2D eigenvalue weighted by molar-refractivity contribution is 5.07. The molecule has 0 saturated heterocycles. The highest BCUT2D eigenvalue weighted by atomic mass is 15.3. The second-order valence-electron chi connectivity index (χ2n) is 7.05. The summed E-state index contributed by atoms with van der Waals surface area (Å²) in [5.41, 5.74) is 6.95. The minimum Gasteiger partial charge on any atom is -0.329 e. The number of hydrogen-bond donors (Lipinski definition) is 1. The number of rotatable bonds is 4. The van der Waals surface area contributed by atoms with Gasteiger partial charge in [0.15, 0.2) is 0 Å². The first-order valence-electron chi connectivity index (χ1n) is 7.17. The molecule has 0 spiro atoms. The summed E-state index contributed by atoms with van der Waals surface area (Å²) < 4.78 is 0. The van der Waals surface area contributed by atoms with E-state index in [-0.39, 0.29) is 11.1 Å². The molecule has 2 N–H and O–H groups in total. The Balaban J connectivity index is 3.10. The molecule has 1 aliphatic carbocycles. The van der Waals surface area contributed by atoms with Crippen molar-refractivity contribution in [3.63, 3.8) is 0 Å². The normalized spacial score (nSPS) is 29.6. The number of likely N-dealkylation sites (N-methyl/N-ethyl adjacent to an activating group) is 1. The van der Waals surface area contributed by atoms with Crippen LogP contribution in [0.4, 0.5) is 0 Å². The molecular formula is C15H32N2. The molecular weight excluding hydrogens is 208 g/mol. The lowest BCUT2D eigenvalue weighted by molar-refractivity contribution is -0.0790. The molecule has 17 heavy (non-hydrogen) atoms. The lowest BCUT2D eigenvalue weighted by Crippen LogP contribution is -2.67. The molecule has 1 unspecified atom stereocenters. The maximum atomic E-state index is 6.22. The summed E-state index contributed by atoms with van der Waals surface area (Å²) in [5.74, 6) is 0. The van der Waals surface area contributed by atoms with Crippen molar-refractivity contribution in [3.8, 4) is 0 Å². The van der Waals surface area contributed by atoms with Gasteiger partial charge in [0.25, 0.3) is 0 Å². The topological polar surface area (TPSA) is 29.3 Å². The Morgan fingerprint density at radius 3 is 2.12 bits per heavy atom. The molecule has 1 saturated carbocycles. The zero-order valence-corrected chi connectivity index (χ0v) is 12.8. The van der Waals surface area contributed by atoms with Crippen LogP contribution in [-0.4, -0.2) is 29.6 Å². The summed E-state index contributed by atoms with van der Waals surface area (Å²) in [4.78, 5) is 2.58. The second kappa shape index (κ2) is 4.89. The zero-order valence-electron chi connectivity index (χ0n) is 12.8. The Morgan fingerprint density at radius 2 is 1.71 bits per heavy atom. The van der Waals surface area contributed by atoms with Crippen LogP contribution in [0.3, 0.4) is 0 Å². The molecule has 0 amide bonds. The van der Waals surface area contributed by atoms with Crippen LogP contribution in [-0.2, 0) is 0 Å².